The van der Waals surface area contributed by atoms with Crippen molar-refractivity contribution < 1.29 is 9.53 Å². The second-order valence-corrected chi connectivity index (χ2v) is 5.88. The zero-order valence-corrected chi connectivity index (χ0v) is 12.8. The number of methoxy groups -OCH3 is 1. The summed E-state index contributed by atoms with van der Waals surface area (Å²) in [6.45, 7) is 0.958. The molecule has 2 aromatic rings. The molecule has 0 radical (unpaired) electrons. The van der Waals surface area contributed by atoms with Gasteiger partial charge in [0.15, 0.2) is 5.16 Å². The van der Waals surface area contributed by atoms with E-state index in [0.29, 0.717) is 28.5 Å². The molecule has 6 nitrogen and oxygen atoms in total. The summed E-state index contributed by atoms with van der Waals surface area (Å²) in [6.07, 6.45) is 0. The van der Waals surface area contributed by atoms with Crippen LogP contribution in [0.1, 0.15) is 0 Å². The molecule has 0 bridgehead atoms. The van der Waals surface area contributed by atoms with Crippen molar-refractivity contribution in [1.82, 2.24) is 14.9 Å². The fourth-order valence-corrected chi connectivity index (χ4v) is 3.18. The van der Waals surface area contributed by atoms with Gasteiger partial charge >= 0.3 is 0 Å². The lowest BCUT2D eigenvalue weighted by molar-refractivity contribution is -0.118. The third-order valence-corrected chi connectivity index (χ3v) is 4.53. The highest BCUT2D eigenvalue weighted by Crippen LogP contribution is 2.19. The maximum absolute atomic E-state index is 12.1. The zero-order valence-electron chi connectivity index (χ0n) is 11.2. The Morgan fingerprint density at radius 2 is 2.40 bits per heavy atom. The van der Waals surface area contributed by atoms with E-state index in [-0.39, 0.29) is 17.2 Å². The van der Waals surface area contributed by atoms with Crippen LogP contribution in [0.25, 0.3) is 10.2 Å². The highest BCUT2D eigenvalue weighted by molar-refractivity contribution is 7.99. The summed E-state index contributed by atoms with van der Waals surface area (Å²) in [6, 6.07) is 1.81. The van der Waals surface area contributed by atoms with Crippen LogP contribution in [0.5, 0.6) is 0 Å². The summed E-state index contributed by atoms with van der Waals surface area (Å²) < 4.78 is 6.97. The van der Waals surface area contributed by atoms with Crippen LogP contribution in [0.4, 0.5) is 0 Å². The topological polar surface area (TPSA) is 73.2 Å². The Balaban J connectivity index is 2.04. The number of thiophene rings is 1. The van der Waals surface area contributed by atoms with Gasteiger partial charge in [0.2, 0.25) is 5.91 Å². The van der Waals surface area contributed by atoms with E-state index in [4.69, 9.17) is 4.74 Å². The standard InChI is InChI=1S/C12H15N3O3S2/c1-15-11(17)10-8(3-6-19-10)14-12(15)20-7-9(16)13-4-5-18-2/h3,6H,4-5,7H2,1-2H3,(H,13,16). The Morgan fingerprint density at radius 1 is 1.60 bits per heavy atom. The van der Waals surface area contributed by atoms with Crippen LogP contribution in [0, 0.1) is 0 Å². The van der Waals surface area contributed by atoms with Gasteiger partial charge in [-0.3, -0.25) is 14.2 Å². The summed E-state index contributed by atoms with van der Waals surface area (Å²) in [7, 11) is 3.25. The first kappa shape index (κ1) is 15.0. The van der Waals surface area contributed by atoms with Crippen LogP contribution in [0.2, 0.25) is 0 Å². The van der Waals surface area contributed by atoms with Crippen molar-refractivity contribution in [2.75, 3.05) is 26.0 Å². The van der Waals surface area contributed by atoms with Gasteiger partial charge in [0.05, 0.1) is 17.9 Å². The van der Waals surface area contributed by atoms with Gasteiger partial charge in [-0.2, -0.15) is 0 Å². The molecule has 0 unspecified atom stereocenters. The Labute approximate surface area is 124 Å². The van der Waals surface area contributed by atoms with Crippen molar-refractivity contribution in [2.24, 2.45) is 7.05 Å². The average molecular weight is 313 g/mol. The van der Waals surface area contributed by atoms with Gasteiger partial charge in [0.1, 0.15) is 4.70 Å². The molecule has 0 aliphatic heterocycles. The lowest BCUT2D eigenvalue weighted by atomic mass is 10.5. The molecule has 0 saturated carbocycles. The Hall–Kier alpha value is -1.38. The Morgan fingerprint density at radius 3 is 3.15 bits per heavy atom. The maximum atomic E-state index is 12.1. The van der Waals surface area contributed by atoms with E-state index in [1.54, 1.807) is 14.2 Å². The number of ether oxygens (including phenoxy) is 1. The first-order valence-electron chi connectivity index (χ1n) is 5.96. The highest BCUT2D eigenvalue weighted by atomic mass is 32.2. The van der Waals surface area contributed by atoms with E-state index >= 15 is 0 Å². The van der Waals surface area contributed by atoms with Crippen molar-refractivity contribution in [3.8, 4) is 0 Å². The molecular formula is C12H15N3O3S2. The molecule has 0 aliphatic carbocycles. The molecule has 0 fully saturated rings. The fourth-order valence-electron chi connectivity index (χ4n) is 1.57. The fraction of sp³-hybridized carbons (Fsp3) is 0.417. The second kappa shape index (κ2) is 6.87. The first-order valence-corrected chi connectivity index (χ1v) is 7.82. The van der Waals surface area contributed by atoms with Gasteiger partial charge in [-0.15, -0.1) is 11.3 Å². The van der Waals surface area contributed by atoms with Crippen molar-refractivity contribution in [1.29, 1.82) is 0 Å². The van der Waals surface area contributed by atoms with Gasteiger partial charge in [-0.25, -0.2) is 4.98 Å². The number of amides is 1. The molecule has 2 rings (SSSR count). The number of nitrogens with zero attached hydrogens (tertiary/aromatic N) is 2. The van der Waals surface area contributed by atoms with Gasteiger partial charge in [0, 0.05) is 20.7 Å². The van der Waals surface area contributed by atoms with Gasteiger partial charge < -0.3 is 10.1 Å². The number of carbonyl (C=O) groups is 1. The van der Waals surface area contributed by atoms with Crippen LogP contribution in [-0.2, 0) is 16.6 Å². The molecular weight excluding hydrogens is 298 g/mol. The minimum atomic E-state index is -0.105. The molecule has 1 N–H and O–H groups in total. The smallest absolute Gasteiger partial charge is 0.271 e. The largest absolute Gasteiger partial charge is 0.383 e. The molecule has 1 amide bonds. The van der Waals surface area contributed by atoms with E-state index in [2.05, 4.69) is 10.3 Å². The minimum Gasteiger partial charge on any atom is -0.383 e. The van der Waals surface area contributed by atoms with Crippen LogP contribution in [0.15, 0.2) is 21.4 Å². The predicted octanol–water partition coefficient (Wildman–Crippen LogP) is 0.850. The summed E-state index contributed by atoms with van der Waals surface area (Å²) in [4.78, 5) is 28.1. The first-order chi connectivity index (χ1) is 9.63. The van der Waals surface area contributed by atoms with Gasteiger partial charge in [0.25, 0.3) is 5.56 Å². The molecule has 0 atom stereocenters. The number of hydrogen-bond acceptors (Lipinski definition) is 6. The van der Waals surface area contributed by atoms with E-state index in [1.807, 2.05) is 11.4 Å². The monoisotopic (exact) mass is 313 g/mol. The Bertz CT molecular complexity index is 666. The molecule has 20 heavy (non-hydrogen) atoms. The normalized spacial score (nSPS) is 10.9. The van der Waals surface area contributed by atoms with Crippen molar-refractivity contribution in [2.45, 2.75) is 5.16 Å². The SMILES string of the molecule is COCCNC(=O)CSc1nc2ccsc2c(=O)n1C. The Kier molecular flexibility index (Phi) is 5.16. The third kappa shape index (κ3) is 3.38. The number of aromatic nitrogens is 2. The lowest BCUT2D eigenvalue weighted by Crippen LogP contribution is -2.29. The van der Waals surface area contributed by atoms with Crippen LogP contribution in [-0.4, -0.2) is 41.5 Å². The minimum absolute atomic E-state index is 0.0766. The molecule has 108 valence electrons. The average Bonchev–Trinajstić information content (AvgIpc) is 2.90. The summed E-state index contributed by atoms with van der Waals surface area (Å²) in [5.74, 6) is 0.117. The molecule has 0 saturated heterocycles. The third-order valence-electron chi connectivity index (χ3n) is 2.61. The molecule has 0 aromatic carbocycles. The van der Waals surface area contributed by atoms with E-state index < -0.39 is 0 Å². The molecule has 2 aromatic heterocycles. The van der Waals surface area contributed by atoms with Crippen molar-refractivity contribution in [3.05, 3.63) is 21.8 Å². The van der Waals surface area contributed by atoms with Gasteiger partial charge in [-0.05, 0) is 11.4 Å². The summed E-state index contributed by atoms with van der Waals surface area (Å²) in [5, 5.41) is 5.10. The number of hydrogen-bond donors (Lipinski definition) is 1. The summed E-state index contributed by atoms with van der Waals surface area (Å²) in [5.41, 5.74) is 0.604. The van der Waals surface area contributed by atoms with Crippen LogP contribution in [0.3, 0.4) is 0 Å². The van der Waals surface area contributed by atoms with Crippen molar-refractivity contribution in [3.63, 3.8) is 0 Å². The van der Waals surface area contributed by atoms with E-state index in [1.165, 1.54) is 27.7 Å². The number of thioether (sulfide) groups is 1. The maximum Gasteiger partial charge on any atom is 0.271 e. The van der Waals surface area contributed by atoms with Crippen LogP contribution >= 0.6 is 23.1 Å². The number of fused-ring (bicyclic) bond motifs is 1. The predicted molar refractivity (Wildman–Crippen MR) is 80.5 cm³/mol. The van der Waals surface area contributed by atoms with E-state index in [9.17, 15) is 9.59 Å². The molecule has 0 spiro atoms. The summed E-state index contributed by atoms with van der Waals surface area (Å²) >= 11 is 2.63. The highest BCUT2D eigenvalue weighted by Gasteiger charge is 2.11. The number of nitrogens with one attached hydrogen (secondary N) is 1. The second-order valence-electron chi connectivity index (χ2n) is 4.02. The van der Waals surface area contributed by atoms with Gasteiger partial charge in [-0.1, -0.05) is 11.8 Å². The molecule has 2 heterocycles. The van der Waals surface area contributed by atoms with Crippen LogP contribution < -0.4 is 10.9 Å². The van der Waals surface area contributed by atoms with E-state index in [0.717, 1.165) is 0 Å². The quantitative estimate of drug-likeness (QED) is 0.486. The van der Waals surface area contributed by atoms with Crippen molar-refractivity contribution >= 4 is 39.2 Å². The lowest BCUT2D eigenvalue weighted by Gasteiger charge is -2.07. The zero-order chi connectivity index (χ0) is 14.5. The molecule has 8 heteroatoms. The molecule has 0 aliphatic rings. The number of rotatable bonds is 6. The number of carbonyl (C=O) groups excluding carboxylic acids is 1.